The van der Waals surface area contributed by atoms with Gasteiger partial charge in [0, 0.05) is 18.2 Å². The second kappa shape index (κ2) is 4.44. The van der Waals surface area contributed by atoms with Gasteiger partial charge in [-0.25, -0.2) is 0 Å². The first-order chi connectivity index (χ1) is 9.46. The van der Waals surface area contributed by atoms with Gasteiger partial charge in [-0.3, -0.25) is 4.40 Å². The predicted octanol–water partition coefficient (Wildman–Crippen LogP) is 2.52. The Kier molecular flexibility index (Phi) is 2.97. The summed E-state index contributed by atoms with van der Waals surface area (Å²) in [5.41, 5.74) is 5.25. The number of fused-ring (bicyclic) bond motifs is 1. The van der Waals surface area contributed by atoms with Crippen LogP contribution in [-0.4, -0.2) is 21.1 Å². The molecule has 4 nitrogen and oxygen atoms in total. The lowest BCUT2D eigenvalue weighted by Gasteiger charge is -2.25. The standard InChI is InChI=1S/C13H15F3N4/c14-13(15,16)9-3-4-10-18-19-11(20(10)7-9)12(8-17)5-1-2-6-12/h3-4,7H,1-2,5-6,8,17H2. The lowest BCUT2D eigenvalue weighted by molar-refractivity contribution is -0.137. The molecule has 0 radical (unpaired) electrons. The van der Waals surface area contributed by atoms with E-state index in [1.54, 1.807) is 0 Å². The molecule has 0 aromatic carbocycles. The quantitative estimate of drug-likeness (QED) is 0.922. The molecule has 20 heavy (non-hydrogen) atoms. The average Bonchev–Trinajstić information content (AvgIpc) is 3.04. The number of hydrogen-bond acceptors (Lipinski definition) is 3. The van der Waals surface area contributed by atoms with Crippen LogP contribution < -0.4 is 5.73 Å². The monoisotopic (exact) mass is 284 g/mol. The largest absolute Gasteiger partial charge is 0.417 e. The molecule has 0 bridgehead atoms. The summed E-state index contributed by atoms with van der Waals surface area (Å²) in [7, 11) is 0. The molecule has 1 aliphatic rings. The van der Waals surface area contributed by atoms with Crippen molar-refractivity contribution in [2.24, 2.45) is 5.73 Å². The molecule has 2 N–H and O–H groups in total. The maximum atomic E-state index is 12.8. The summed E-state index contributed by atoms with van der Waals surface area (Å²) in [6, 6.07) is 2.37. The van der Waals surface area contributed by atoms with Gasteiger partial charge in [-0.15, -0.1) is 10.2 Å². The molecular formula is C13H15F3N4. The molecular weight excluding hydrogens is 269 g/mol. The second-order valence-electron chi connectivity index (χ2n) is 5.36. The molecule has 2 aromatic heterocycles. The SMILES string of the molecule is NCC1(c2nnc3ccc(C(F)(F)F)cn23)CCCC1. The summed E-state index contributed by atoms with van der Waals surface area (Å²) in [6.07, 6.45) is 0.429. The molecule has 1 aliphatic carbocycles. The Morgan fingerprint density at radius 1 is 1.20 bits per heavy atom. The number of halogens is 3. The highest BCUT2D eigenvalue weighted by molar-refractivity contribution is 5.41. The molecule has 0 aliphatic heterocycles. The molecule has 2 heterocycles. The number of rotatable bonds is 2. The zero-order valence-electron chi connectivity index (χ0n) is 10.8. The zero-order chi connectivity index (χ0) is 14.4. The van der Waals surface area contributed by atoms with Crippen LogP contribution in [-0.2, 0) is 11.6 Å². The highest BCUT2D eigenvalue weighted by atomic mass is 19.4. The van der Waals surface area contributed by atoms with Crippen molar-refractivity contribution in [3.8, 4) is 0 Å². The van der Waals surface area contributed by atoms with Crippen LogP contribution in [0.5, 0.6) is 0 Å². The van der Waals surface area contributed by atoms with Crippen LogP contribution in [0.2, 0.25) is 0 Å². The Morgan fingerprint density at radius 3 is 2.50 bits per heavy atom. The molecule has 0 unspecified atom stereocenters. The number of aromatic nitrogens is 3. The highest BCUT2D eigenvalue weighted by Crippen LogP contribution is 2.40. The predicted molar refractivity (Wildman–Crippen MR) is 67.2 cm³/mol. The topological polar surface area (TPSA) is 56.2 Å². The summed E-state index contributed by atoms with van der Waals surface area (Å²) in [5, 5.41) is 8.08. The van der Waals surface area contributed by atoms with E-state index in [4.69, 9.17) is 5.73 Å². The minimum Gasteiger partial charge on any atom is -0.329 e. The Balaban J connectivity index is 2.16. The van der Waals surface area contributed by atoms with Crippen LogP contribution in [0, 0.1) is 0 Å². The first-order valence-corrected chi connectivity index (χ1v) is 6.59. The molecule has 3 rings (SSSR count). The summed E-state index contributed by atoms with van der Waals surface area (Å²) in [5.74, 6) is 0.554. The van der Waals surface area contributed by atoms with E-state index in [0.29, 0.717) is 18.0 Å². The van der Waals surface area contributed by atoms with E-state index in [0.717, 1.165) is 37.9 Å². The van der Waals surface area contributed by atoms with E-state index in [1.165, 1.54) is 10.5 Å². The van der Waals surface area contributed by atoms with Gasteiger partial charge in [-0.1, -0.05) is 12.8 Å². The minimum atomic E-state index is -4.37. The average molecular weight is 284 g/mol. The summed E-state index contributed by atoms with van der Waals surface area (Å²) in [6.45, 7) is 0.379. The van der Waals surface area contributed by atoms with Crippen molar-refractivity contribution in [3.63, 3.8) is 0 Å². The van der Waals surface area contributed by atoms with E-state index in [2.05, 4.69) is 10.2 Å². The van der Waals surface area contributed by atoms with Crippen LogP contribution in [0.4, 0.5) is 13.2 Å². The fraction of sp³-hybridized carbons (Fsp3) is 0.538. The van der Waals surface area contributed by atoms with Crippen molar-refractivity contribution in [3.05, 3.63) is 29.7 Å². The van der Waals surface area contributed by atoms with Gasteiger partial charge < -0.3 is 5.73 Å². The minimum absolute atomic E-state index is 0.344. The second-order valence-corrected chi connectivity index (χ2v) is 5.36. The fourth-order valence-corrected chi connectivity index (χ4v) is 2.99. The van der Waals surface area contributed by atoms with Crippen LogP contribution in [0.3, 0.4) is 0 Å². The van der Waals surface area contributed by atoms with E-state index >= 15 is 0 Å². The van der Waals surface area contributed by atoms with Gasteiger partial charge in [0.05, 0.1) is 5.56 Å². The van der Waals surface area contributed by atoms with Gasteiger partial charge in [0.2, 0.25) is 0 Å². The van der Waals surface area contributed by atoms with Gasteiger partial charge in [-0.2, -0.15) is 13.2 Å². The molecule has 108 valence electrons. The van der Waals surface area contributed by atoms with E-state index in [-0.39, 0.29) is 5.41 Å². The Morgan fingerprint density at radius 2 is 1.90 bits per heavy atom. The van der Waals surface area contributed by atoms with Gasteiger partial charge in [-0.05, 0) is 25.0 Å². The summed E-state index contributed by atoms with van der Waals surface area (Å²) < 4.78 is 39.9. The van der Waals surface area contributed by atoms with Crippen molar-refractivity contribution in [2.45, 2.75) is 37.3 Å². The molecule has 0 amide bonds. The van der Waals surface area contributed by atoms with E-state index in [9.17, 15) is 13.2 Å². The summed E-state index contributed by atoms with van der Waals surface area (Å²) in [4.78, 5) is 0. The van der Waals surface area contributed by atoms with Crippen LogP contribution in [0.1, 0.15) is 37.1 Å². The normalized spacial score (nSPS) is 18.8. The number of nitrogens with two attached hydrogens (primary N) is 1. The maximum Gasteiger partial charge on any atom is 0.417 e. The Bertz CT molecular complexity index is 626. The third-order valence-electron chi connectivity index (χ3n) is 4.16. The molecule has 1 fully saturated rings. The van der Waals surface area contributed by atoms with Crippen molar-refractivity contribution in [1.29, 1.82) is 0 Å². The zero-order valence-corrected chi connectivity index (χ0v) is 10.8. The van der Waals surface area contributed by atoms with Crippen LogP contribution >= 0.6 is 0 Å². The first kappa shape index (κ1) is 13.4. The molecule has 0 saturated heterocycles. The smallest absolute Gasteiger partial charge is 0.329 e. The summed E-state index contributed by atoms with van der Waals surface area (Å²) >= 11 is 0. The van der Waals surface area contributed by atoms with Gasteiger partial charge in [0.15, 0.2) is 5.65 Å². The van der Waals surface area contributed by atoms with E-state index in [1.807, 2.05) is 0 Å². The number of nitrogens with zero attached hydrogens (tertiary/aromatic N) is 3. The molecule has 0 atom stereocenters. The molecule has 7 heteroatoms. The van der Waals surface area contributed by atoms with E-state index < -0.39 is 11.7 Å². The highest BCUT2D eigenvalue weighted by Gasteiger charge is 2.39. The third-order valence-corrected chi connectivity index (χ3v) is 4.16. The van der Waals surface area contributed by atoms with Gasteiger partial charge in [0.1, 0.15) is 5.82 Å². The number of hydrogen-bond donors (Lipinski definition) is 1. The van der Waals surface area contributed by atoms with Gasteiger partial charge in [0.25, 0.3) is 0 Å². The van der Waals surface area contributed by atoms with Crippen LogP contribution in [0.25, 0.3) is 5.65 Å². The molecule has 1 saturated carbocycles. The number of pyridine rings is 1. The maximum absolute atomic E-state index is 12.8. The van der Waals surface area contributed by atoms with Crippen molar-refractivity contribution in [1.82, 2.24) is 14.6 Å². The Hall–Kier alpha value is -1.63. The number of alkyl halides is 3. The lowest BCUT2D eigenvalue weighted by Crippen LogP contribution is -2.34. The van der Waals surface area contributed by atoms with Crippen molar-refractivity contribution in [2.75, 3.05) is 6.54 Å². The first-order valence-electron chi connectivity index (χ1n) is 6.59. The lowest BCUT2D eigenvalue weighted by atomic mass is 9.85. The van der Waals surface area contributed by atoms with Gasteiger partial charge >= 0.3 is 6.18 Å². The fourth-order valence-electron chi connectivity index (χ4n) is 2.99. The molecule has 2 aromatic rings. The van der Waals surface area contributed by atoms with Crippen molar-refractivity contribution >= 4 is 5.65 Å². The molecule has 0 spiro atoms. The van der Waals surface area contributed by atoms with Crippen LogP contribution in [0.15, 0.2) is 18.3 Å². The Labute approximate surface area is 113 Å². The van der Waals surface area contributed by atoms with Crippen molar-refractivity contribution < 1.29 is 13.2 Å². The third kappa shape index (κ3) is 1.96.